The van der Waals surface area contributed by atoms with Crippen molar-refractivity contribution in [2.24, 2.45) is 0 Å². The third-order valence-corrected chi connectivity index (χ3v) is 5.08. The molecule has 0 aromatic carbocycles. The summed E-state index contributed by atoms with van der Waals surface area (Å²) < 4.78 is 27.7. The van der Waals surface area contributed by atoms with Crippen molar-refractivity contribution in [1.82, 2.24) is 14.3 Å². The van der Waals surface area contributed by atoms with Gasteiger partial charge in [0.1, 0.15) is 0 Å². The second-order valence-corrected chi connectivity index (χ2v) is 6.61. The summed E-state index contributed by atoms with van der Waals surface area (Å²) in [5.74, 6) is 0. The monoisotopic (exact) mass is 291 g/mol. The summed E-state index contributed by atoms with van der Waals surface area (Å²) in [6, 6.07) is 1.79. The van der Waals surface area contributed by atoms with Gasteiger partial charge in [-0.1, -0.05) is 0 Å². The molecule has 3 N–H and O–H groups in total. The fraction of sp³-hybridized carbons (Fsp3) is 0.600. The van der Waals surface area contributed by atoms with Crippen LogP contribution in [0.25, 0.3) is 0 Å². The molecule has 1 fully saturated rings. The lowest BCUT2D eigenvalue weighted by Crippen LogP contribution is -2.51. The van der Waals surface area contributed by atoms with E-state index >= 15 is 0 Å². The predicted octanol–water partition coefficient (Wildman–Crippen LogP) is -0.479. The third kappa shape index (κ3) is 3.50. The molecule has 1 aliphatic heterocycles. The minimum atomic E-state index is -3.48. The van der Waals surface area contributed by atoms with Gasteiger partial charge in [0, 0.05) is 32.7 Å². The number of hydrogen-bond acceptors (Lipinski definition) is 5. The third-order valence-electron chi connectivity index (χ3n) is 2.80. The number of aliphatic hydroxyl groups is 1. The Labute approximate surface area is 111 Å². The molecule has 2 heterocycles. The lowest BCUT2D eigenvalue weighted by Gasteiger charge is -2.27. The summed E-state index contributed by atoms with van der Waals surface area (Å²) in [6.07, 6.45) is -0.797. The fourth-order valence-corrected chi connectivity index (χ4v) is 3.66. The topological polar surface area (TPSA) is 81.7 Å². The molecule has 1 unspecified atom stereocenters. The average molecular weight is 291 g/mol. The zero-order chi connectivity index (χ0) is 13.0. The summed E-state index contributed by atoms with van der Waals surface area (Å²) in [5, 5.41) is 16.6. The summed E-state index contributed by atoms with van der Waals surface area (Å²) in [5.41, 5.74) is 0.739. The molecule has 0 aliphatic carbocycles. The van der Waals surface area contributed by atoms with Crippen LogP contribution in [0.2, 0.25) is 0 Å². The van der Waals surface area contributed by atoms with Crippen LogP contribution in [-0.4, -0.2) is 50.6 Å². The first-order chi connectivity index (χ1) is 8.59. The van der Waals surface area contributed by atoms with Gasteiger partial charge < -0.3 is 10.4 Å². The van der Waals surface area contributed by atoms with Gasteiger partial charge in [0.15, 0.2) is 0 Å². The van der Waals surface area contributed by atoms with Gasteiger partial charge in [-0.15, -0.1) is 0 Å². The van der Waals surface area contributed by atoms with E-state index in [2.05, 4.69) is 10.0 Å². The van der Waals surface area contributed by atoms with Crippen LogP contribution in [0, 0.1) is 0 Å². The molecule has 1 saturated heterocycles. The van der Waals surface area contributed by atoms with Crippen molar-refractivity contribution in [2.75, 3.05) is 32.7 Å². The molecule has 8 heteroatoms. The quantitative estimate of drug-likeness (QED) is 0.684. The first-order valence-corrected chi connectivity index (χ1v) is 8.13. The molecule has 18 heavy (non-hydrogen) atoms. The van der Waals surface area contributed by atoms with E-state index in [-0.39, 0.29) is 6.54 Å². The van der Waals surface area contributed by atoms with E-state index in [1.165, 1.54) is 15.6 Å². The van der Waals surface area contributed by atoms with E-state index in [0.29, 0.717) is 26.2 Å². The fourth-order valence-electron chi connectivity index (χ4n) is 1.74. The van der Waals surface area contributed by atoms with Crippen molar-refractivity contribution >= 4 is 21.5 Å². The second kappa shape index (κ2) is 6.09. The Morgan fingerprint density at radius 1 is 1.50 bits per heavy atom. The highest BCUT2D eigenvalue weighted by Gasteiger charge is 2.24. The molecule has 1 aromatic heterocycles. The van der Waals surface area contributed by atoms with Gasteiger partial charge >= 0.3 is 0 Å². The lowest BCUT2D eigenvalue weighted by atomic mass is 10.2. The summed E-state index contributed by atoms with van der Waals surface area (Å²) >= 11 is 1.47. The van der Waals surface area contributed by atoms with Gasteiger partial charge in [0.05, 0.1) is 6.10 Å². The number of nitrogens with one attached hydrogen (secondary N) is 2. The maximum absolute atomic E-state index is 11.9. The Morgan fingerprint density at radius 3 is 2.83 bits per heavy atom. The van der Waals surface area contributed by atoms with E-state index < -0.39 is 16.3 Å². The van der Waals surface area contributed by atoms with Crippen LogP contribution in [0.4, 0.5) is 0 Å². The first-order valence-electron chi connectivity index (χ1n) is 5.75. The van der Waals surface area contributed by atoms with Gasteiger partial charge in [-0.3, -0.25) is 0 Å². The molecule has 0 amide bonds. The van der Waals surface area contributed by atoms with Gasteiger partial charge in [0.25, 0.3) is 10.2 Å². The highest BCUT2D eigenvalue weighted by atomic mass is 32.2. The number of thiophene rings is 1. The lowest BCUT2D eigenvalue weighted by molar-refractivity contribution is 0.181. The van der Waals surface area contributed by atoms with Crippen LogP contribution in [0.5, 0.6) is 0 Å². The molecule has 1 atom stereocenters. The van der Waals surface area contributed by atoms with Gasteiger partial charge in [0.2, 0.25) is 0 Å². The number of aliphatic hydroxyl groups excluding tert-OH is 1. The van der Waals surface area contributed by atoms with Gasteiger partial charge in [-0.05, 0) is 22.4 Å². The van der Waals surface area contributed by atoms with Crippen molar-refractivity contribution in [3.63, 3.8) is 0 Å². The predicted molar refractivity (Wildman–Crippen MR) is 70.6 cm³/mol. The van der Waals surface area contributed by atoms with Gasteiger partial charge in [-0.25, -0.2) is 0 Å². The smallest absolute Gasteiger partial charge is 0.279 e. The van der Waals surface area contributed by atoms with Crippen molar-refractivity contribution in [3.8, 4) is 0 Å². The maximum atomic E-state index is 11.9. The van der Waals surface area contributed by atoms with E-state index in [9.17, 15) is 13.5 Å². The molecule has 1 aliphatic rings. The first kappa shape index (κ1) is 13.9. The second-order valence-electron chi connectivity index (χ2n) is 4.08. The minimum absolute atomic E-state index is 0.00297. The highest BCUT2D eigenvalue weighted by Crippen LogP contribution is 2.15. The van der Waals surface area contributed by atoms with Crippen LogP contribution in [-0.2, 0) is 10.2 Å². The van der Waals surface area contributed by atoms with E-state index in [1.54, 1.807) is 6.07 Å². The number of hydrogen-bond donors (Lipinski definition) is 3. The Hall–Kier alpha value is -0.510. The highest BCUT2D eigenvalue weighted by molar-refractivity contribution is 7.87. The van der Waals surface area contributed by atoms with E-state index in [1.807, 2.05) is 10.8 Å². The SMILES string of the molecule is O=S(=O)(NCC(O)c1ccsc1)N1CCNCC1. The van der Waals surface area contributed by atoms with Crippen LogP contribution in [0.15, 0.2) is 16.8 Å². The molecule has 0 bridgehead atoms. The molecule has 2 rings (SSSR count). The maximum Gasteiger partial charge on any atom is 0.279 e. The number of nitrogens with zero attached hydrogens (tertiary/aromatic N) is 1. The minimum Gasteiger partial charge on any atom is -0.387 e. The van der Waals surface area contributed by atoms with Crippen LogP contribution in [0.1, 0.15) is 11.7 Å². The number of piperazine rings is 1. The van der Waals surface area contributed by atoms with Crippen LogP contribution < -0.4 is 10.0 Å². The van der Waals surface area contributed by atoms with Crippen LogP contribution in [0.3, 0.4) is 0 Å². The molecule has 0 saturated carbocycles. The van der Waals surface area contributed by atoms with Crippen molar-refractivity contribution in [1.29, 1.82) is 0 Å². The molecule has 0 spiro atoms. The Balaban J connectivity index is 1.88. The van der Waals surface area contributed by atoms with Gasteiger partial charge in [-0.2, -0.15) is 28.8 Å². The standard InChI is InChI=1S/C10H17N3O3S2/c14-10(9-1-6-17-8-9)7-12-18(15,16)13-4-2-11-3-5-13/h1,6,8,10-12,14H,2-5,7H2. The molecule has 102 valence electrons. The zero-order valence-corrected chi connectivity index (χ0v) is 11.5. The summed E-state index contributed by atoms with van der Waals surface area (Å²) in [7, 11) is -3.48. The van der Waals surface area contributed by atoms with Crippen LogP contribution >= 0.6 is 11.3 Å². The Bertz CT molecular complexity index is 455. The van der Waals surface area contributed by atoms with Crippen molar-refractivity contribution in [3.05, 3.63) is 22.4 Å². The zero-order valence-electron chi connectivity index (χ0n) is 9.87. The Morgan fingerprint density at radius 2 is 2.22 bits per heavy atom. The van der Waals surface area contributed by atoms with Crippen molar-refractivity contribution in [2.45, 2.75) is 6.10 Å². The number of rotatable bonds is 5. The molecule has 0 radical (unpaired) electrons. The molecular formula is C10H17N3O3S2. The normalized spacial score (nSPS) is 19.8. The Kier molecular flexibility index (Phi) is 4.71. The summed E-state index contributed by atoms with van der Waals surface area (Å²) in [4.78, 5) is 0. The summed E-state index contributed by atoms with van der Waals surface area (Å²) in [6.45, 7) is 2.25. The molecule has 1 aromatic rings. The van der Waals surface area contributed by atoms with E-state index in [0.717, 1.165) is 5.56 Å². The van der Waals surface area contributed by atoms with Crippen molar-refractivity contribution < 1.29 is 13.5 Å². The van der Waals surface area contributed by atoms with E-state index in [4.69, 9.17) is 0 Å². The molecule has 6 nitrogen and oxygen atoms in total. The molecular weight excluding hydrogens is 274 g/mol. The average Bonchev–Trinajstić information content (AvgIpc) is 2.91. The largest absolute Gasteiger partial charge is 0.387 e.